The summed E-state index contributed by atoms with van der Waals surface area (Å²) in [5, 5.41) is 4.62. The van der Waals surface area contributed by atoms with Crippen molar-refractivity contribution in [1.82, 2.24) is 0 Å². The van der Waals surface area contributed by atoms with Crippen molar-refractivity contribution in [2.24, 2.45) is 0 Å². The van der Waals surface area contributed by atoms with Crippen molar-refractivity contribution in [2.45, 2.75) is 6.54 Å². The maximum Gasteiger partial charge on any atom is 0.0702 e. The van der Waals surface area contributed by atoms with Crippen LogP contribution in [0.2, 0.25) is 10.0 Å². The molecule has 0 fully saturated rings. The zero-order chi connectivity index (χ0) is 11.5. The molecule has 0 aliphatic rings. The molecule has 0 aliphatic heterocycles. The fraction of sp³-hybridized carbons (Fsp3) is 0.0909. The molecule has 5 heteroatoms. The normalized spacial score (nSPS) is 10.4. The van der Waals surface area contributed by atoms with Gasteiger partial charge in [-0.25, -0.2) is 0 Å². The van der Waals surface area contributed by atoms with Crippen LogP contribution >= 0.6 is 50.5 Å². The fourth-order valence-corrected chi connectivity index (χ4v) is 3.04. The molecule has 2 aromatic rings. The minimum absolute atomic E-state index is 0.680. The Hall–Kier alpha value is -0.220. The van der Waals surface area contributed by atoms with Gasteiger partial charge in [-0.3, -0.25) is 0 Å². The van der Waals surface area contributed by atoms with E-state index in [1.807, 2.05) is 12.1 Å². The Morgan fingerprint density at radius 2 is 2.00 bits per heavy atom. The second-order valence-electron chi connectivity index (χ2n) is 3.18. The Kier molecular flexibility index (Phi) is 4.14. The summed E-state index contributed by atoms with van der Waals surface area (Å²) in [7, 11) is 0. The van der Waals surface area contributed by atoms with Crippen LogP contribution in [0.25, 0.3) is 0 Å². The Bertz CT molecular complexity index is 498. The van der Waals surface area contributed by atoms with Gasteiger partial charge in [0.1, 0.15) is 0 Å². The summed E-state index contributed by atoms with van der Waals surface area (Å²) in [5.41, 5.74) is 0.860. The van der Waals surface area contributed by atoms with Gasteiger partial charge in [0.25, 0.3) is 0 Å². The summed E-state index contributed by atoms with van der Waals surface area (Å²) >= 11 is 17.1. The van der Waals surface area contributed by atoms with Crippen molar-refractivity contribution in [3.05, 3.63) is 49.0 Å². The summed E-state index contributed by atoms with van der Waals surface area (Å²) in [5.74, 6) is 0. The Balaban J connectivity index is 2.07. The molecule has 0 unspecified atom stereocenters. The molecule has 0 aliphatic carbocycles. The smallest absolute Gasteiger partial charge is 0.0702 e. The van der Waals surface area contributed by atoms with Gasteiger partial charge in [0.15, 0.2) is 0 Å². The average Bonchev–Trinajstić information content (AvgIpc) is 2.66. The van der Waals surface area contributed by atoms with Gasteiger partial charge < -0.3 is 5.32 Å². The number of benzene rings is 1. The highest BCUT2D eigenvalue weighted by Crippen LogP contribution is 2.27. The van der Waals surface area contributed by atoms with Crippen LogP contribution in [0.1, 0.15) is 4.88 Å². The standard InChI is InChI=1S/C11H8BrCl2NS/c12-11-4-2-8(16-11)6-15-10-5-7(13)1-3-9(10)14/h1-5,15H,6H2. The third-order valence-corrected chi connectivity index (χ3v) is 4.20. The van der Waals surface area contributed by atoms with Crippen LogP contribution in [0.4, 0.5) is 5.69 Å². The lowest BCUT2D eigenvalue weighted by Gasteiger charge is -2.07. The van der Waals surface area contributed by atoms with Crippen molar-refractivity contribution in [3.8, 4) is 0 Å². The van der Waals surface area contributed by atoms with Gasteiger partial charge in [-0.05, 0) is 46.3 Å². The topological polar surface area (TPSA) is 12.0 Å². The van der Waals surface area contributed by atoms with Crippen molar-refractivity contribution in [3.63, 3.8) is 0 Å². The quantitative estimate of drug-likeness (QED) is 0.788. The van der Waals surface area contributed by atoms with Gasteiger partial charge in [-0.2, -0.15) is 0 Å². The Morgan fingerprint density at radius 3 is 2.69 bits per heavy atom. The highest BCUT2D eigenvalue weighted by molar-refractivity contribution is 9.11. The van der Waals surface area contributed by atoms with E-state index >= 15 is 0 Å². The summed E-state index contributed by atoms with van der Waals surface area (Å²) in [6, 6.07) is 9.49. The van der Waals surface area contributed by atoms with E-state index in [2.05, 4.69) is 27.3 Å². The number of hydrogen-bond acceptors (Lipinski definition) is 2. The fourth-order valence-electron chi connectivity index (χ4n) is 1.26. The molecule has 0 bridgehead atoms. The van der Waals surface area contributed by atoms with E-state index in [1.54, 1.807) is 23.5 Å². The van der Waals surface area contributed by atoms with Crippen LogP contribution in [-0.2, 0) is 6.54 Å². The van der Waals surface area contributed by atoms with Crippen LogP contribution in [0, 0.1) is 0 Å². The van der Waals surface area contributed by atoms with Crippen molar-refractivity contribution >= 4 is 56.2 Å². The van der Waals surface area contributed by atoms with E-state index in [0.717, 1.165) is 16.0 Å². The predicted molar refractivity (Wildman–Crippen MR) is 75.8 cm³/mol. The molecule has 0 saturated carbocycles. The first-order valence-corrected chi connectivity index (χ1v) is 6.95. The summed E-state index contributed by atoms with van der Waals surface area (Å²) in [4.78, 5) is 1.24. The number of halogens is 3. The van der Waals surface area contributed by atoms with E-state index in [1.165, 1.54) is 4.88 Å². The van der Waals surface area contributed by atoms with Crippen LogP contribution in [0.15, 0.2) is 34.1 Å². The predicted octanol–water partition coefficient (Wildman–Crippen LogP) is 5.43. The van der Waals surface area contributed by atoms with Gasteiger partial charge >= 0.3 is 0 Å². The lowest BCUT2D eigenvalue weighted by atomic mass is 10.3. The molecule has 16 heavy (non-hydrogen) atoms. The zero-order valence-electron chi connectivity index (χ0n) is 8.14. The van der Waals surface area contributed by atoms with Gasteiger partial charge in [-0.1, -0.05) is 23.2 Å². The second kappa shape index (κ2) is 5.41. The molecule has 1 aromatic heterocycles. The zero-order valence-corrected chi connectivity index (χ0v) is 12.1. The molecule has 84 valence electrons. The van der Waals surface area contributed by atoms with Gasteiger partial charge in [-0.15, -0.1) is 11.3 Å². The van der Waals surface area contributed by atoms with Crippen LogP contribution in [0.5, 0.6) is 0 Å². The molecule has 2 rings (SSSR count). The summed E-state index contributed by atoms with van der Waals surface area (Å²) < 4.78 is 1.13. The number of nitrogens with one attached hydrogen (secondary N) is 1. The second-order valence-corrected chi connectivity index (χ2v) is 6.57. The molecule has 0 radical (unpaired) electrons. The third kappa shape index (κ3) is 3.14. The Morgan fingerprint density at radius 1 is 1.19 bits per heavy atom. The molecular formula is C11H8BrCl2NS. The highest BCUT2D eigenvalue weighted by Gasteiger charge is 2.02. The molecule has 0 amide bonds. The molecule has 1 aromatic carbocycles. The van der Waals surface area contributed by atoms with Crippen molar-refractivity contribution in [1.29, 1.82) is 0 Å². The largest absolute Gasteiger partial charge is 0.379 e. The van der Waals surface area contributed by atoms with Crippen LogP contribution < -0.4 is 5.32 Å². The maximum absolute atomic E-state index is 6.04. The van der Waals surface area contributed by atoms with Crippen LogP contribution in [-0.4, -0.2) is 0 Å². The monoisotopic (exact) mass is 335 g/mol. The molecule has 0 spiro atoms. The SMILES string of the molecule is Clc1ccc(Cl)c(NCc2ccc(Br)s2)c1. The first-order valence-electron chi connectivity index (χ1n) is 4.58. The maximum atomic E-state index is 6.04. The Labute approximate surface area is 117 Å². The molecule has 1 heterocycles. The van der Waals surface area contributed by atoms with Crippen LogP contribution in [0.3, 0.4) is 0 Å². The lowest BCUT2D eigenvalue weighted by molar-refractivity contribution is 1.19. The first kappa shape index (κ1) is 12.2. The lowest BCUT2D eigenvalue weighted by Crippen LogP contribution is -1.97. The number of anilines is 1. The highest BCUT2D eigenvalue weighted by atomic mass is 79.9. The van der Waals surface area contributed by atoms with Gasteiger partial charge in [0.2, 0.25) is 0 Å². The van der Waals surface area contributed by atoms with E-state index in [9.17, 15) is 0 Å². The summed E-state index contributed by atoms with van der Waals surface area (Å²) in [6.45, 7) is 0.746. The third-order valence-electron chi connectivity index (χ3n) is 2.01. The number of hydrogen-bond donors (Lipinski definition) is 1. The van der Waals surface area contributed by atoms with E-state index < -0.39 is 0 Å². The summed E-state index contributed by atoms with van der Waals surface area (Å²) in [6.07, 6.45) is 0. The van der Waals surface area contributed by atoms with Crippen molar-refractivity contribution in [2.75, 3.05) is 5.32 Å². The minimum atomic E-state index is 0.680. The van der Waals surface area contributed by atoms with Gasteiger partial charge in [0.05, 0.1) is 14.5 Å². The minimum Gasteiger partial charge on any atom is -0.379 e. The molecule has 1 N–H and O–H groups in total. The van der Waals surface area contributed by atoms with E-state index in [4.69, 9.17) is 23.2 Å². The number of thiophene rings is 1. The van der Waals surface area contributed by atoms with E-state index in [-0.39, 0.29) is 0 Å². The van der Waals surface area contributed by atoms with E-state index in [0.29, 0.717) is 10.0 Å². The first-order chi connectivity index (χ1) is 7.65. The number of rotatable bonds is 3. The van der Waals surface area contributed by atoms with Gasteiger partial charge in [0, 0.05) is 16.4 Å². The molecule has 0 atom stereocenters. The average molecular weight is 337 g/mol. The molecular weight excluding hydrogens is 329 g/mol. The molecule has 0 saturated heterocycles. The molecule has 1 nitrogen and oxygen atoms in total. The van der Waals surface area contributed by atoms with Crippen molar-refractivity contribution < 1.29 is 0 Å².